The van der Waals surface area contributed by atoms with Crippen LogP contribution >= 0.6 is 22.9 Å². The van der Waals surface area contributed by atoms with Crippen LogP contribution in [0.15, 0.2) is 4.79 Å². The summed E-state index contributed by atoms with van der Waals surface area (Å²) >= 11 is 6.98. The van der Waals surface area contributed by atoms with E-state index >= 15 is 0 Å². The monoisotopic (exact) mass is 395 g/mol. The van der Waals surface area contributed by atoms with E-state index in [2.05, 4.69) is 4.98 Å². The van der Waals surface area contributed by atoms with Gasteiger partial charge in [-0.2, -0.15) is 0 Å². The Labute approximate surface area is 158 Å². The number of hydrogen-bond donors (Lipinski definition) is 0. The first-order valence-electron chi connectivity index (χ1n) is 8.62. The summed E-state index contributed by atoms with van der Waals surface area (Å²) in [6, 6.07) is 0. The first-order valence-corrected chi connectivity index (χ1v) is 9.97. The van der Waals surface area contributed by atoms with Crippen molar-refractivity contribution >= 4 is 45.0 Å². The minimum Gasteiger partial charge on any atom is -0.463 e. The number of hydrogen-bond acceptors (Lipinski definition) is 6. The highest BCUT2D eigenvalue weighted by molar-refractivity contribution is 7.18. The predicted molar refractivity (Wildman–Crippen MR) is 97.6 cm³/mol. The fourth-order valence-corrected chi connectivity index (χ4v) is 4.92. The number of carbonyl (C=O) groups is 2. The second kappa shape index (κ2) is 7.00. The zero-order valence-corrected chi connectivity index (χ0v) is 15.7. The Kier molecular flexibility index (Phi) is 4.71. The predicted octanol–water partition coefficient (Wildman–Crippen LogP) is 1.46. The van der Waals surface area contributed by atoms with Crippen molar-refractivity contribution in [1.29, 1.82) is 0 Å². The lowest BCUT2D eigenvalue weighted by molar-refractivity contribution is -0.144. The highest BCUT2D eigenvalue weighted by atomic mass is 35.5. The maximum absolute atomic E-state index is 13.0. The van der Waals surface area contributed by atoms with Gasteiger partial charge in [-0.05, 0) is 31.2 Å². The molecule has 0 bridgehead atoms. The Bertz CT molecular complexity index is 952. The van der Waals surface area contributed by atoms with Gasteiger partial charge in [0.2, 0.25) is 5.91 Å². The van der Waals surface area contributed by atoms with E-state index in [0.717, 1.165) is 36.1 Å². The number of rotatable bonds is 4. The van der Waals surface area contributed by atoms with Crippen molar-refractivity contribution in [3.63, 3.8) is 0 Å². The van der Waals surface area contributed by atoms with E-state index < -0.39 is 5.97 Å². The normalized spacial score (nSPS) is 16.5. The van der Waals surface area contributed by atoms with Crippen molar-refractivity contribution in [3.8, 4) is 0 Å². The van der Waals surface area contributed by atoms with Gasteiger partial charge < -0.3 is 9.64 Å². The van der Waals surface area contributed by atoms with E-state index in [4.69, 9.17) is 16.3 Å². The van der Waals surface area contributed by atoms with Crippen molar-refractivity contribution in [3.05, 3.63) is 26.6 Å². The largest absolute Gasteiger partial charge is 0.463 e. The molecule has 4 rings (SSSR count). The molecule has 1 aliphatic carbocycles. The van der Waals surface area contributed by atoms with Crippen LogP contribution in [-0.2, 0) is 40.3 Å². The number of ether oxygens (including phenoxy) is 1. The topological polar surface area (TPSA) is 81.5 Å². The van der Waals surface area contributed by atoms with Gasteiger partial charge >= 0.3 is 5.97 Å². The molecule has 0 aromatic carbocycles. The number of alkyl halides is 1. The van der Waals surface area contributed by atoms with Crippen LogP contribution in [0.1, 0.15) is 29.1 Å². The molecule has 1 aliphatic heterocycles. The quantitative estimate of drug-likeness (QED) is 0.578. The second-order valence-electron chi connectivity index (χ2n) is 6.48. The van der Waals surface area contributed by atoms with Crippen LogP contribution in [0.3, 0.4) is 0 Å². The third-order valence-corrected chi connectivity index (χ3v) is 6.27. The molecule has 0 fully saturated rings. The fourth-order valence-electron chi connectivity index (χ4n) is 3.57. The average Bonchev–Trinajstić information content (AvgIpc) is 3.01. The Balaban J connectivity index is 1.63. The average molecular weight is 396 g/mol. The van der Waals surface area contributed by atoms with Crippen LogP contribution in [0.25, 0.3) is 10.2 Å². The minimum atomic E-state index is -0.517. The smallest absolute Gasteiger partial charge is 0.320 e. The van der Waals surface area contributed by atoms with Crippen LogP contribution in [0, 0.1) is 0 Å². The SMILES string of the molecule is O=C(CCl)OCCN1Cc2nc3sc4c(c3c(=O)n2CC1=O)CCCC4. The van der Waals surface area contributed by atoms with E-state index in [1.807, 2.05) is 0 Å². The molecule has 0 N–H and O–H groups in total. The summed E-state index contributed by atoms with van der Waals surface area (Å²) in [5.41, 5.74) is 1.03. The molecule has 3 heterocycles. The summed E-state index contributed by atoms with van der Waals surface area (Å²) in [7, 11) is 0. The standard InChI is InChI=1S/C17H18ClN3O4S/c18-7-14(23)25-6-5-20-8-12-19-16-15(17(24)21(12)9-13(20)22)10-3-1-2-4-11(10)26-16/h1-9H2. The molecule has 26 heavy (non-hydrogen) atoms. The summed E-state index contributed by atoms with van der Waals surface area (Å²) in [4.78, 5) is 44.8. The summed E-state index contributed by atoms with van der Waals surface area (Å²) in [5.74, 6) is -0.317. The summed E-state index contributed by atoms with van der Waals surface area (Å²) in [5, 5.41) is 0.700. The first kappa shape index (κ1) is 17.5. The number of nitrogens with zero attached hydrogens (tertiary/aromatic N) is 3. The van der Waals surface area contributed by atoms with Crippen molar-refractivity contribution in [2.45, 2.75) is 38.8 Å². The van der Waals surface area contributed by atoms with Crippen molar-refractivity contribution in [1.82, 2.24) is 14.5 Å². The van der Waals surface area contributed by atoms with Crippen molar-refractivity contribution < 1.29 is 14.3 Å². The second-order valence-corrected chi connectivity index (χ2v) is 7.83. The maximum Gasteiger partial charge on any atom is 0.320 e. The highest BCUT2D eigenvalue weighted by Gasteiger charge is 2.28. The van der Waals surface area contributed by atoms with E-state index in [1.165, 1.54) is 9.44 Å². The van der Waals surface area contributed by atoms with Crippen LogP contribution in [0.2, 0.25) is 0 Å². The molecular weight excluding hydrogens is 378 g/mol. The van der Waals surface area contributed by atoms with Gasteiger partial charge in [0.1, 0.15) is 29.7 Å². The molecule has 0 spiro atoms. The summed E-state index contributed by atoms with van der Waals surface area (Å²) < 4.78 is 6.42. The molecule has 2 aliphatic rings. The molecule has 0 atom stereocenters. The molecule has 138 valence electrons. The minimum absolute atomic E-state index is 0.0226. The first-order chi connectivity index (χ1) is 12.6. The molecular formula is C17H18ClN3O4S. The van der Waals surface area contributed by atoms with Gasteiger partial charge in [-0.3, -0.25) is 19.0 Å². The summed E-state index contributed by atoms with van der Waals surface area (Å²) in [6.07, 6.45) is 4.15. The van der Waals surface area contributed by atoms with Crippen LogP contribution < -0.4 is 5.56 Å². The van der Waals surface area contributed by atoms with Crippen LogP contribution in [0.5, 0.6) is 0 Å². The summed E-state index contributed by atoms with van der Waals surface area (Å²) in [6.45, 7) is 0.559. The number of amides is 1. The Morgan fingerprint density at radius 2 is 2.04 bits per heavy atom. The molecule has 7 nitrogen and oxygen atoms in total. The van der Waals surface area contributed by atoms with Gasteiger partial charge in [-0.15, -0.1) is 22.9 Å². The third kappa shape index (κ3) is 3.01. The molecule has 0 saturated heterocycles. The molecule has 0 radical (unpaired) electrons. The van der Waals surface area contributed by atoms with Crippen molar-refractivity contribution in [2.24, 2.45) is 0 Å². The number of aryl methyl sites for hydroxylation is 2. The lowest BCUT2D eigenvalue weighted by Gasteiger charge is -2.28. The van der Waals surface area contributed by atoms with E-state index in [9.17, 15) is 14.4 Å². The maximum atomic E-state index is 13.0. The highest BCUT2D eigenvalue weighted by Crippen LogP contribution is 2.34. The van der Waals surface area contributed by atoms with Gasteiger partial charge in [0, 0.05) is 4.88 Å². The number of thiophene rings is 1. The molecule has 0 saturated carbocycles. The number of fused-ring (bicyclic) bond motifs is 4. The van der Waals surface area contributed by atoms with E-state index in [0.29, 0.717) is 11.2 Å². The Morgan fingerprint density at radius 3 is 2.85 bits per heavy atom. The number of carbonyl (C=O) groups excluding carboxylic acids is 2. The Morgan fingerprint density at radius 1 is 1.23 bits per heavy atom. The number of aromatic nitrogens is 2. The zero-order valence-electron chi connectivity index (χ0n) is 14.1. The van der Waals surface area contributed by atoms with Gasteiger partial charge in [-0.1, -0.05) is 0 Å². The van der Waals surface area contributed by atoms with E-state index in [1.54, 1.807) is 16.2 Å². The van der Waals surface area contributed by atoms with E-state index in [-0.39, 0.29) is 43.6 Å². The molecule has 2 aromatic rings. The number of esters is 1. The van der Waals surface area contributed by atoms with Gasteiger partial charge in [-0.25, -0.2) is 4.98 Å². The van der Waals surface area contributed by atoms with Gasteiger partial charge in [0.25, 0.3) is 5.56 Å². The third-order valence-electron chi connectivity index (χ3n) is 4.87. The molecule has 0 unspecified atom stereocenters. The molecule has 9 heteroatoms. The van der Waals surface area contributed by atoms with Gasteiger partial charge in [0.15, 0.2) is 0 Å². The lowest BCUT2D eigenvalue weighted by Crippen LogP contribution is -2.45. The molecule has 1 amide bonds. The number of halogens is 1. The van der Waals surface area contributed by atoms with Crippen molar-refractivity contribution in [2.75, 3.05) is 19.0 Å². The zero-order chi connectivity index (χ0) is 18.3. The van der Waals surface area contributed by atoms with Crippen LogP contribution in [0.4, 0.5) is 0 Å². The fraction of sp³-hybridized carbons (Fsp3) is 0.529. The van der Waals surface area contributed by atoms with Gasteiger partial charge in [0.05, 0.1) is 18.5 Å². The van der Waals surface area contributed by atoms with Crippen LogP contribution in [-0.4, -0.2) is 45.4 Å². The lowest BCUT2D eigenvalue weighted by atomic mass is 9.97. The Hall–Kier alpha value is -1.93. The molecule has 2 aromatic heterocycles.